The fourth-order valence-corrected chi connectivity index (χ4v) is 11.1. The molecular formula is C70H53FN4O. The van der Waals surface area contributed by atoms with Gasteiger partial charge in [-0.05, 0) is 122 Å². The maximum Gasteiger partial charge on any atom is 0.137 e. The van der Waals surface area contributed by atoms with Crippen molar-refractivity contribution in [2.75, 3.05) is 16.5 Å². The first-order valence-corrected chi connectivity index (χ1v) is 25.9. The standard InChI is InChI=1S/C70H53FN4O/c1-70(2,3)52-39-40-72-67(43-52)75-63-30-14-13-25-61(63)62-38-37-55(45-66(62)75)76-56-42-51(68-57(47-19-7-4-8-20-47)26-17-27-58(68)48-21-9-5-10-22-48)41-54(44-56)73-46-74(65-32-16-15-31-64(65)73)69-59(49-23-11-6-12-24-49)28-18-29-60(69)50-33-35-53(71)36-34-50/h4-45H,46H2,1-3H3. The van der Waals surface area contributed by atoms with Crippen molar-refractivity contribution in [2.24, 2.45) is 0 Å². The van der Waals surface area contributed by atoms with Gasteiger partial charge in [-0.15, -0.1) is 0 Å². The fourth-order valence-electron chi connectivity index (χ4n) is 11.1. The molecular weight excluding hydrogens is 932 g/mol. The Bertz CT molecular complexity index is 4050. The molecule has 366 valence electrons. The molecule has 0 bridgehead atoms. The summed E-state index contributed by atoms with van der Waals surface area (Å²) < 4.78 is 24.1. The topological polar surface area (TPSA) is 33.5 Å². The molecule has 0 N–H and O–H groups in total. The lowest BCUT2D eigenvalue weighted by Crippen LogP contribution is -2.25. The van der Waals surface area contributed by atoms with E-state index in [0.29, 0.717) is 18.2 Å². The Labute approximate surface area is 443 Å². The van der Waals surface area contributed by atoms with Crippen molar-refractivity contribution in [3.05, 3.63) is 266 Å². The van der Waals surface area contributed by atoms with Crippen molar-refractivity contribution < 1.29 is 9.13 Å². The number of ether oxygens (including phenoxy) is 1. The van der Waals surface area contributed by atoms with Crippen molar-refractivity contribution in [3.63, 3.8) is 0 Å². The van der Waals surface area contributed by atoms with Gasteiger partial charge >= 0.3 is 0 Å². The van der Waals surface area contributed by atoms with Crippen LogP contribution in [0.4, 0.5) is 27.1 Å². The van der Waals surface area contributed by atoms with Crippen molar-refractivity contribution in [1.82, 2.24) is 9.55 Å². The van der Waals surface area contributed by atoms with Crippen LogP contribution in [0, 0.1) is 5.82 Å². The molecule has 1 aliphatic rings. The minimum Gasteiger partial charge on any atom is -0.457 e. The molecule has 2 aromatic heterocycles. The number of para-hydroxylation sites is 4. The third-order valence-corrected chi connectivity index (χ3v) is 14.7. The Morgan fingerprint density at radius 3 is 1.63 bits per heavy atom. The fraction of sp³-hybridized carbons (Fsp3) is 0.0714. The molecule has 0 fully saturated rings. The molecule has 0 aliphatic carbocycles. The van der Waals surface area contributed by atoms with Crippen LogP contribution in [-0.2, 0) is 5.41 Å². The number of halogens is 1. The van der Waals surface area contributed by atoms with Gasteiger partial charge in [-0.3, -0.25) is 4.57 Å². The van der Waals surface area contributed by atoms with E-state index in [1.807, 2.05) is 24.4 Å². The number of fused-ring (bicyclic) bond motifs is 4. The summed E-state index contributed by atoms with van der Waals surface area (Å²) in [4.78, 5) is 9.77. The molecule has 13 rings (SSSR count). The highest BCUT2D eigenvalue weighted by Crippen LogP contribution is 2.52. The number of anilines is 4. The van der Waals surface area contributed by atoms with Gasteiger partial charge < -0.3 is 14.5 Å². The van der Waals surface area contributed by atoms with Gasteiger partial charge in [-0.25, -0.2) is 9.37 Å². The van der Waals surface area contributed by atoms with Gasteiger partial charge in [0.05, 0.1) is 28.1 Å². The first kappa shape index (κ1) is 46.3. The quantitative estimate of drug-likeness (QED) is 0.137. The van der Waals surface area contributed by atoms with Crippen LogP contribution >= 0.6 is 0 Å². The smallest absolute Gasteiger partial charge is 0.137 e. The Balaban J connectivity index is 1.02. The third kappa shape index (κ3) is 8.44. The summed E-state index contributed by atoms with van der Waals surface area (Å²) in [6.07, 6.45) is 1.92. The largest absolute Gasteiger partial charge is 0.457 e. The van der Waals surface area contributed by atoms with Gasteiger partial charge in [0.1, 0.15) is 29.8 Å². The Hall–Kier alpha value is -9.52. The van der Waals surface area contributed by atoms with E-state index in [-0.39, 0.29) is 11.2 Å². The van der Waals surface area contributed by atoms with E-state index in [0.717, 1.165) is 106 Å². The third-order valence-electron chi connectivity index (χ3n) is 14.7. The highest BCUT2D eigenvalue weighted by atomic mass is 19.1. The summed E-state index contributed by atoms with van der Waals surface area (Å²) in [5.41, 5.74) is 18.0. The number of benzene rings is 10. The van der Waals surface area contributed by atoms with Crippen LogP contribution < -0.4 is 14.5 Å². The van der Waals surface area contributed by atoms with Crippen molar-refractivity contribution >= 4 is 44.6 Å². The average Bonchev–Trinajstić information content (AvgIpc) is 4.03. The summed E-state index contributed by atoms with van der Waals surface area (Å²) in [5, 5.41) is 2.27. The van der Waals surface area contributed by atoms with Gasteiger partial charge in [0.15, 0.2) is 0 Å². The van der Waals surface area contributed by atoms with Crippen LogP contribution in [-0.4, -0.2) is 16.2 Å². The second-order valence-corrected chi connectivity index (χ2v) is 20.5. The molecule has 5 nitrogen and oxygen atoms in total. The molecule has 0 saturated heterocycles. The van der Waals surface area contributed by atoms with Crippen LogP contribution in [0.5, 0.6) is 11.5 Å². The minimum atomic E-state index is -0.269. The monoisotopic (exact) mass is 984 g/mol. The van der Waals surface area contributed by atoms with Gasteiger partial charge in [-0.2, -0.15) is 0 Å². The lowest BCUT2D eigenvalue weighted by Gasteiger charge is -2.27. The molecule has 1 aliphatic heterocycles. The molecule has 12 aromatic rings. The average molecular weight is 985 g/mol. The summed E-state index contributed by atoms with van der Waals surface area (Å²) in [6.45, 7) is 7.19. The molecule has 0 atom stereocenters. The van der Waals surface area contributed by atoms with E-state index >= 15 is 0 Å². The Kier molecular flexibility index (Phi) is 11.6. The summed E-state index contributed by atoms with van der Waals surface area (Å²) >= 11 is 0. The van der Waals surface area contributed by atoms with Crippen molar-refractivity contribution in [1.29, 1.82) is 0 Å². The van der Waals surface area contributed by atoms with Gasteiger partial charge in [-0.1, -0.05) is 191 Å². The van der Waals surface area contributed by atoms with Crippen LogP contribution in [0.25, 0.3) is 83.3 Å². The van der Waals surface area contributed by atoms with E-state index < -0.39 is 0 Å². The summed E-state index contributed by atoms with van der Waals surface area (Å²) in [7, 11) is 0. The predicted octanol–water partition coefficient (Wildman–Crippen LogP) is 19.0. The maximum absolute atomic E-state index is 14.6. The second kappa shape index (κ2) is 19.1. The molecule has 3 heterocycles. The lowest BCUT2D eigenvalue weighted by atomic mass is 9.87. The summed E-state index contributed by atoms with van der Waals surface area (Å²) in [5.74, 6) is 1.99. The SMILES string of the molecule is CC(C)(C)c1ccnc(-n2c3ccccc3c3ccc(Oc4cc(-c5c(-c6ccccc6)cccc5-c5ccccc5)cc(N5CN(c6c(-c7ccccc7)cccc6-c6ccc(F)cc6)c6ccccc65)c4)cc32)c1. The molecule has 10 aromatic carbocycles. The van der Waals surface area contributed by atoms with Gasteiger partial charge in [0.25, 0.3) is 0 Å². The van der Waals surface area contributed by atoms with Crippen LogP contribution in [0.2, 0.25) is 0 Å². The van der Waals surface area contributed by atoms with Gasteiger partial charge in [0.2, 0.25) is 0 Å². The number of aromatic nitrogens is 2. The zero-order chi connectivity index (χ0) is 51.3. The maximum atomic E-state index is 14.6. The van der Waals surface area contributed by atoms with Crippen LogP contribution in [0.3, 0.4) is 0 Å². The lowest BCUT2D eigenvalue weighted by molar-refractivity contribution is 0.483. The molecule has 0 unspecified atom stereocenters. The van der Waals surface area contributed by atoms with E-state index in [1.54, 1.807) is 12.1 Å². The first-order valence-electron chi connectivity index (χ1n) is 25.9. The number of hydrogen-bond donors (Lipinski definition) is 0. The first-order chi connectivity index (χ1) is 37.2. The summed E-state index contributed by atoms with van der Waals surface area (Å²) in [6, 6.07) is 86.3. The van der Waals surface area contributed by atoms with Crippen LogP contribution in [0.15, 0.2) is 255 Å². The number of pyridine rings is 1. The highest BCUT2D eigenvalue weighted by Gasteiger charge is 2.32. The molecule has 0 spiro atoms. The van der Waals surface area contributed by atoms with E-state index in [2.05, 4.69) is 254 Å². The zero-order valence-electron chi connectivity index (χ0n) is 42.5. The number of hydrogen-bond acceptors (Lipinski definition) is 4. The molecule has 0 radical (unpaired) electrons. The van der Waals surface area contributed by atoms with Crippen molar-refractivity contribution in [2.45, 2.75) is 26.2 Å². The van der Waals surface area contributed by atoms with E-state index in [4.69, 9.17) is 9.72 Å². The van der Waals surface area contributed by atoms with Crippen LogP contribution in [0.1, 0.15) is 26.3 Å². The Morgan fingerprint density at radius 2 is 0.987 bits per heavy atom. The molecule has 0 amide bonds. The number of nitrogens with zero attached hydrogens (tertiary/aromatic N) is 4. The van der Waals surface area contributed by atoms with Crippen molar-refractivity contribution in [3.8, 4) is 73.0 Å². The second-order valence-electron chi connectivity index (χ2n) is 20.5. The Morgan fingerprint density at radius 1 is 0.434 bits per heavy atom. The molecule has 0 saturated carbocycles. The van der Waals surface area contributed by atoms with Gasteiger partial charge in [0, 0.05) is 45.9 Å². The van der Waals surface area contributed by atoms with E-state index in [1.165, 1.54) is 5.56 Å². The number of rotatable bonds is 10. The zero-order valence-corrected chi connectivity index (χ0v) is 42.5. The minimum absolute atomic E-state index is 0.0595. The molecule has 76 heavy (non-hydrogen) atoms. The molecule has 6 heteroatoms. The predicted molar refractivity (Wildman–Crippen MR) is 313 cm³/mol. The normalized spacial score (nSPS) is 12.4. The highest BCUT2D eigenvalue weighted by molar-refractivity contribution is 6.09. The van der Waals surface area contributed by atoms with E-state index in [9.17, 15) is 4.39 Å².